The minimum atomic E-state index is -0.712. The number of nitriles is 1. The molecule has 2 aliphatic rings. The Morgan fingerprint density at radius 2 is 1.93 bits per heavy atom. The number of hydrogen-bond acceptors (Lipinski definition) is 8. The highest BCUT2D eigenvalue weighted by molar-refractivity contribution is 6.33. The molecule has 3 aromatic carbocycles. The lowest BCUT2D eigenvalue weighted by atomic mass is 9.75. The number of non-ortho nitro benzene ring substituents is 1. The van der Waals surface area contributed by atoms with Crippen LogP contribution in [0.2, 0.25) is 5.02 Å². The molecule has 2 N–H and O–H groups in total. The van der Waals surface area contributed by atoms with Gasteiger partial charge in [-0.1, -0.05) is 29.8 Å². The lowest BCUT2D eigenvalue weighted by Crippen LogP contribution is -2.38. The van der Waals surface area contributed by atoms with Crippen LogP contribution in [-0.2, 0) is 11.4 Å². The topological polar surface area (TPSA) is 132 Å². The van der Waals surface area contributed by atoms with E-state index in [9.17, 15) is 20.2 Å². The number of nitrogens with zero attached hydrogens (tertiary/aromatic N) is 3. The van der Waals surface area contributed by atoms with E-state index in [0.717, 1.165) is 22.4 Å². The van der Waals surface area contributed by atoms with Crippen molar-refractivity contribution >= 4 is 28.8 Å². The van der Waals surface area contributed by atoms with Gasteiger partial charge in [-0.25, -0.2) is 0 Å². The Kier molecular flexibility index (Phi) is 7.92. The van der Waals surface area contributed by atoms with Crippen LogP contribution in [0.1, 0.15) is 47.4 Å². The standard InChI is InChI=1S/C32H29ClN4O5/c1-18-6-4-9-28(19(18)2)42-17-21-14-20(10-13-29(21)41-3)30-23(16-34)32(35)36(26-7-5-8-27(38)31(26)30)25-12-11-22(37(39)40)15-24(25)33/h4,6,9-15,30H,5,7-8,17,35H2,1-3H3/t30-/m0/s1. The van der Waals surface area contributed by atoms with Gasteiger partial charge in [0.05, 0.1) is 40.3 Å². The quantitative estimate of drug-likeness (QED) is 0.238. The van der Waals surface area contributed by atoms with Gasteiger partial charge in [0.2, 0.25) is 0 Å². The second kappa shape index (κ2) is 11.6. The van der Waals surface area contributed by atoms with Gasteiger partial charge in [-0.15, -0.1) is 0 Å². The van der Waals surface area contributed by atoms with Gasteiger partial charge >= 0.3 is 0 Å². The van der Waals surface area contributed by atoms with Crippen molar-refractivity contribution in [1.82, 2.24) is 0 Å². The second-order valence-corrected chi connectivity index (χ2v) is 10.7. The van der Waals surface area contributed by atoms with Crippen LogP contribution < -0.4 is 20.1 Å². The minimum Gasteiger partial charge on any atom is -0.496 e. The molecular formula is C32H29ClN4O5. The van der Waals surface area contributed by atoms with Crippen molar-refractivity contribution in [3.63, 3.8) is 0 Å². The Morgan fingerprint density at radius 1 is 1.14 bits per heavy atom. The van der Waals surface area contributed by atoms with E-state index in [-0.39, 0.29) is 34.5 Å². The lowest BCUT2D eigenvalue weighted by molar-refractivity contribution is -0.384. The zero-order valence-corrected chi connectivity index (χ0v) is 24.2. The number of Topliss-reactive ketones (excluding diaryl/α,β-unsaturated/α-hetero) is 1. The predicted octanol–water partition coefficient (Wildman–Crippen LogP) is 6.76. The number of methoxy groups -OCH3 is 1. The molecule has 0 fully saturated rings. The Bertz CT molecular complexity index is 1720. The largest absolute Gasteiger partial charge is 0.496 e. The normalized spacial score (nSPS) is 16.7. The Labute approximate surface area is 248 Å². The summed E-state index contributed by atoms with van der Waals surface area (Å²) in [5.41, 5.74) is 11.7. The fraction of sp³-hybridized carbons (Fsp3) is 0.250. The molecule has 0 aromatic heterocycles. The number of ether oxygens (including phenoxy) is 2. The van der Waals surface area contributed by atoms with E-state index in [2.05, 4.69) is 6.07 Å². The first kappa shape index (κ1) is 28.7. The van der Waals surface area contributed by atoms with Crippen molar-refractivity contribution < 1.29 is 19.2 Å². The summed E-state index contributed by atoms with van der Waals surface area (Å²) in [6, 6.07) is 17.7. The first-order chi connectivity index (χ1) is 20.2. The van der Waals surface area contributed by atoms with Crippen LogP contribution in [0, 0.1) is 35.3 Å². The number of nitro groups is 1. The average molecular weight is 585 g/mol. The molecule has 1 aliphatic heterocycles. The first-order valence-electron chi connectivity index (χ1n) is 13.4. The van der Waals surface area contributed by atoms with Gasteiger partial charge < -0.3 is 15.2 Å². The van der Waals surface area contributed by atoms with Gasteiger partial charge in [0, 0.05) is 35.4 Å². The molecule has 0 amide bonds. The van der Waals surface area contributed by atoms with Gasteiger partial charge in [-0.05, 0) is 67.6 Å². The molecule has 0 spiro atoms. The fourth-order valence-corrected chi connectivity index (χ4v) is 5.87. The molecule has 0 bridgehead atoms. The summed E-state index contributed by atoms with van der Waals surface area (Å²) in [5, 5.41) is 21.8. The molecule has 214 valence electrons. The fourth-order valence-electron chi connectivity index (χ4n) is 5.61. The van der Waals surface area contributed by atoms with E-state index in [1.807, 2.05) is 44.2 Å². The van der Waals surface area contributed by atoms with E-state index in [4.69, 9.17) is 26.8 Å². The maximum Gasteiger partial charge on any atom is 0.271 e. The third kappa shape index (κ3) is 5.06. The highest BCUT2D eigenvalue weighted by atomic mass is 35.5. The zero-order valence-electron chi connectivity index (χ0n) is 23.4. The number of rotatable bonds is 7. The number of hydrogen-bond donors (Lipinski definition) is 1. The minimum absolute atomic E-state index is 0.0862. The number of nitrogens with two attached hydrogens (primary N) is 1. The highest BCUT2D eigenvalue weighted by Crippen LogP contribution is 2.48. The number of carbonyl (C=O) groups excluding carboxylic acids is 1. The third-order valence-electron chi connectivity index (χ3n) is 7.87. The number of ketones is 1. The van der Waals surface area contributed by atoms with Gasteiger partial charge in [-0.3, -0.25) is 19.8 Å². The summed E-state index contributed by atoms with van der Waals surface area (Å²) in [4.78, 5) is 25.9. The summed E-state index contributed by atoms with van der Waals surface area (Å²) in [6.07, 6.45) is 1.44. The van der Waals surface area contributed by atoms with Crippen molar-refractivity contribution in [2.45, 2.75) is 45.6 Å². The SMILES string of the molecule is COc1ccc([C@H]2C(C#N)=C(N)N(c3ccc([N+](=O)[O-])cc3Cl)C3=C2C(=O)CCC3)cc1COc1cccc(C)c1C. The number of aryl methyl sites for hydroxylation is 1. The summed E-state index contributed by atoms with van der Waals surface area (Å²) < 4.78 is 11.8. The van der Waals surface area contributed by atoms with Crippen LogP contribution >= 0.6 is 11.6 Å². The van der Waals surface area contributed by atoms with Gasteiger partial charge in [-0.2, -0.15) is 5.26 Å². The van der Waals surface area contributed by atoms with Crippen LogP contribution in [0.5, 0.6) is 11.5 Å². The summed E-state index contributed by atoms with van der Waals surface area (Å²) in [6.45, 7) is 4.23. The summed E-state index contributed by atoms with van der Waals surface area (Å²) in [5.74, 6) is 0.685. The molecule has 0 saturated carbocycles. The molecule has 1 aliphatic carbocycles. The molecule has 10 heteroatoms. The molecule has 42 heavy (non-hydrogen) atoms. The number of halogens is 1. The second-order valence-electron chi connectivity index (χ2n) is 10.3. The molecule has 1 heterocycles. The van der Waals surface area contributed by atoms with E-state index in [0.29, 0.717) is 47.5 Å². The number of benzene rings is 3. The lowest BCUT2D eigenvalue weighted by Gasteiger charge is -2.40. The van der Waals surface area contributed by atoms with Gasteiger partial charge in [0.15, 0.2) is 5.78 Å². The van der Waals surface area contributed by atoms with Crippen molar-refractivity contribution in [1.29, 1.82) is 5.26 Å². The molecule has 0 saturated heterocycles. The van der Waals surface area contributed by atoms with E-state index in [1.165, 1.54) is 18.2 Å². The Hall–Kier alpha value is -4.81. The highest BCUT2D eigenvalue weighted by Gasteiger charge is 2.41. The smallest absolute Gasteiger partial charge is 0.271 e. The molecule has 1 atom stereocenters. The summed E-state index contributed by atoms with van der Waals surface area (Å²) in [7, 11) is 1.58. The number of nitro benzene ring substituents is 1. The van der Waals surface area contributed by atoms with Crippen LogP contribution in [0.4, 0.5) is 11.4 Å². The van der Waals surface area contributed by atoms with Crippen LogP contribution in [0.15, 0.2) is 77.3 Å². The van der Waals surface area contributed by atoms with Crippen LogP contribution in [0.3, 0.4) is 0 Å². The molecule has 3 aromatic rings. The third-order valence-corrected chi connectivity index (χ3v) is 8.17. The number of carbonyl (C=O) groups is 1. The van der Waals surface area contributed by atoms with Crippen LogP contribution in [-0.4, -0.2) is 17.8 Å². The van der Waals surface area contributed by atoms with Gasteiger partial charge in [0.25, 0.3) is 5.69 Å². The van der Waals surface area contributed by atoms with E-state index < -0.39 is 10.8 Å². The predicted molar refractivity (Wildman–Crippen MR) is 159 cm³/mol. The zero-order chi connectivity index (χ0) is 30.1. The number of allylic oxidation sites excluding steroid dienone is 3. The average Bonchev–Trinajstić information content (AvgIpc) is 2.97. The maximum absolute atomic E-state index is 13.5. The van der Waals surface area contributed by atoms with E-state index in [1.54, 1.807) is 18.1 Å². The van der Waals surface area contributed by atoms with Crippen LogP contribution in [0.25, 0.3) is 0 Å². The molecule has 5 rings (SSSR count). The van der Waals surface area contributed by atoms with Gasteiger partial charge in [0.1, 0.15) is 23.9 Å². The monoisotopic (exact) mass is 584 g/mol. The first-order valence-corrected chi connectivity index (χ1v) is 13.8. The maximum atomic E-state index is 13.5. The van der Waals surface area contributed by atoms with Crippen molar-refractivity contribution in [2.24, 2.45) is 5.73 Å². The molecular weight excluding hydrogens is 556 g/mol. The summed E-state index contributed by atoms with van der Waals surface area (Å²) >= 11 is 6.50. The number of anilines is 1. The van der Waals surface area contributed by atoms with Crippen molar-refractivity contribution in [2.75, 3.05) is 12.0 Å². The van der Waals surface area contributed by atoms with E-state index >= 15 is 0 Å². The molecule has 0 unspecified atom stereocenters. The molecule has 0 radical (unpaired) electrons. The van der Waals surface area contributed by atoms with Crippen molar-refractivity contribution in [3.8, 4) is 17.6 Å². The Morgan fingerprint density at radius 3 is 2.62 bits per heavy atom. The molecule has 9 nitrogen and oxygen atoms in total. The van der Waals surface area contributed by atoms with Crippen molar-refractivity contribution in [3.05, 3.63) is 115 Å². The Balaban J connectivity index is 1.62.